The van der Waals surface area contributed by atoms with Gasteiger partial charge < -0.3 is 19.9 Å². The van der Waals surface area contributed by atoms with Crippen LogP contribution in [0, 0.1) is 0 Å². The summed E-state index contributed by atoms with van der Waals surface area (Å²) in [6.45, 7) is 2.30. The van der Waals surface area contributed by atoms with Crippen molar-refractivity contribution < 1.29 is 9.53 Å². The summed E-state index contributed by atoms with van der Waals surface area (Å²) in [6.07, 6.45) is 3.85. The third-order valence-corrected chi connectivity index (χ3v) is 6.01. The number of fused-ring (bicyclic) bond motifs is 1. The van der Waals surface area contributed by atoms with Crippen molar-refractivity contribution in [1.29, 1.82) is 0 Å². The minimum absolute atomic E-state index is 0.0329. The molecule has 1 aromatic carbocycles. The average molecular weight is 463 g/mol. The topological polar surface area (TPSA) is 96.0 Å². The van der Waals surface area contributed by atoms with E-state index in [-0.39, 0.29) is 12.0 Å². The van der Waals surface area contributed by atoms with Crippen LogP contribution >= 0.6 is 11.6 Å². The molecule has 168 valence electrons. The van der Waals surface area contributed by atoms with Crippen LogP contribution in [0.25, 0.3) is 33.7 Å². The maximum absolute atomic E-state index is 11.7. The van der Waals surface area contributed by atoms with Gasteiger partial charge in [-0.05, 0) is 30.3 Å². The lowest BCUT2D eigenvalue weighted by atomic mass is 10.1. The van der Waals surface area contributed by atoms with Gasteiger partial charge in [0.15, 0.2) is 0 Å². The van der Waals surface area contributed by atoms with Crippen LogP contribution in [0.5, 0.6) is 0 Å². The van der Waals surface area contributed by atoms with Gasteiger partial charge in [0.2, 0.25) is 0 Å². The highest BCUT2D eigenvalue weighted by Crippen LogP contribution is 2.30. The highest BCUT2D eigenvalue weighted by Gasteiger charge is 2.23. The van der Waals surface area contributed by atoms with Gasteiger partial charge in [0, 0.05) is 36.3 Å². The highest BCUT2D eigenvalue weighted by molar-refractivity contribution is 6.30. The van der Waals surface area contributed by atoms with Gasteiger partial charge in [-0.25, -0.2) is 9.97 Å². The van der Waals surface area contributed by atoms with Crippen LogP contribution in [-0.4, -0.2) is 58.7 Å². The number of carbonyl (C=O) groups is 1. The number of halogens is 1. The lowest BCUT2D eigenvalue weighted by Gasteiger charge is -2.34. The second kappa shape index (κ2) is 9.17. The number of nitrogens with one attached hydrogen (secondary N) is 2. The van der Waals surface area contributed by atoms with Gasteiger partial charge >= 0.3 is 5.97 Å². The van der Waals surface area contributed by atoms with Crippen molar-refractivity contribution in [2.24, 2.45) is 0 Å². The van der Waals surface area contributed by atoms with Crippen molar-refractivity contribution in [1.82, 2.24) is 25.3 Å². The molecule has 0 saturated carbocycles. The number of esters is 1. The van der Waals surface area contributed by atoms with Gasteiger partial charge in [-0.2, -0.15) is 0 Å². The number of hydrogen-bond donors (Lipinski definition) is 2. The molecule has 8 nitrogen and oxygen atoms in total. The summed E-state index contributed by atoms with van der Waals surface area (Å²) in [6, 6.07) is 13.6. The number of piperazine rings is 1. The fourth-order valence-electron chi connectivity index (χ4n) is 4.13. The molecule has 2 N–H and O–H groups in total. The minimum atomic E-state index is -0.216. The zero-order chi connectivity index (χ0) is 22.8. The number of imidazole rings is 1. The second-order valence-electron chi connectivity index (χ2n) is 7.94. The van der Waals surface area contributed by atoms with Gasteiger partial charge in [-0.3, -0.25) is 9.78 Å². The van der Waals surface area contributed by atoms with Crippen LogP contribution in [0.15, 0.2) is 55.0 Å². The third kappa shape index (κ3) is 4.53. The van der Waals surface area contributed by atoms with Crippen LogP contribution in [0.4, 0.5) is 5.69 Å². The van der Waals surface area contributed by atoms with Crippen LogP contribution in [0.2, 0.25) is 5.02 Å². The number of methoxy groups -OCH3 is 1. The fourth-order valence-corrected chi connectivity index (χ4v) is 4.32. The molecule has 0 bridgehead atoms. The summed E-state index contributed by atoms with van der Waals surface area (Å²) < 4.78 is 4.81. The standard InChI is InChI=1S/C24H23ClN6O2/c1-33-22(32)10-17-13-31(8-7-26-17)18-11-21-19(27-12-18)5-6-20(30-21)24-23(28-14-29-24)15-3-2-4-16(25)9-15/h2-6,9,11-12,14,17,26H,7-8,10,13H2,1H3,(H,28,29). The van der Waals surface area contributed by atoms with E-state index in [4.69, 9.17) is 21.3 Å². The van der Waals surface area contributed by atoms with Crippen molar-refractivity contribution in [3.63, 3.8) is 0 Å². The number of ether oxygens (including phenoxy) is 1. The molecule has 1 atom stereocenters. The zero-order valence-corrected chi connectivity index (χ0v) is 18.8. The maximum atomic E-state index is 11.7. The average Bonchev–Trinajstić information content (AvgIpc) is 3.33. The maximum Gasteiger partial charge on any atom is 0.307 e. The number of anilines is 1. The third-order valence-electron chi connectivity index (χ3n) is 5.78. The Labute approximate surface area is 196 Å². The van der Waals surface area contributed by atoms with Gasteiger partial charge in [-0.1, -0.05) is 23.7 Å². The van der Waals surface area contributed by atoms with Gasteiger partial charge in [0.05, 0.1) is 54.2 Å². The second-order valence-corrected chi connectivity index (χ2v) is 8.38. The summed E-state index contributed by atoms with van der Waals surface area (Å²) in [4.78, 5) is 31.1. The Kier molecular flexibility index (Phi) is 5.93. The number of nitrogens with zero attached hydrogens (tertiary/aromatic N) is 4. The van der Waals surface area contributed by atoms with E-state index in [1.807, 2.05) is 48.7 Å². The molecule has 33 heavy (non-hydrogen) atoms. The smallest absolute Gasteiger partial charge is 0.307 e. The summed E-state index contributed by atoms with van der Waals surface area (Å²) >= 11 is 6.18. The molecule has 1 aliphatic heterocycles. The van der Waals surface area contributed by atoms with Crippen LogP contribution < -0.4 is 10.2 Å². The predicted molar refractivity (Wildman–Crippen MR) is 128 cm³/mol. The van der Waals surface area contributed by atoms with E-state index >= 15 is 0 Å². The lowest BCUT2D eigenvalue weighted by molar-refractivity contribution is -0.141. The molecule has 3 aromatic heterocycles. The molecule has 4 heterocycles. The first-order valence-electron chi connectivity index (χ1n) is 10.7. The largest absolute Gasteiger partial charge is 0.469 e. The van der Waals surface area contributed by atoms with Crippen molar-refractivity contribution in [2.45, 2.75) is 12.5 Å². The minimum Gasteiger partial charge on any atom is -0.469 e. The molecule has 1 saturated heterocycles. The van der Waals surface area contributed by atoms with Crippen molar-refractivity contribution in [3.05, 3.63) is 60.0 Å². The van der Waals surface area contributed by atoms with E-state index in [2.05, 4.69) is 25.2 Å². The Morgan fingerprint density at radius 3 is 2.97 bits per heavy atom. The molecule has 0 aliphatic carbocycles. The van der Waals surface area contributed by atoms with E-state index in [1.165, 1.54) is 7.11 Å². The quantitative estimate of drug-likeness (QED) is 0.437. The Bertz CT molecular complexity index is 1310. The van der Waals surface area contributed by atoms with Crippen molar-refractivity contribution in [2.75, 3.05) is 31.6 Å². The molecule has 0 amide bonds. The van der Waals surface area contributed by atoms with E-state index in [9.17, 15) is 4.79 Å². The lowest BCUT2D eigenvalue weighted by Crippen LogP contribution is -2.51. The van der Waals surface area contributed by atoms with Crippen LogP contribution in [0.3, 0.4) is 0 Å². The number of hydrogen-bond acceptors (Lipinski definition) is 7. The first kappa shape index (κ1) is 21.4. The summed E-state index contributed by atoms with van der Waals surface area (Å²) in [5.74, 6) is -0.216. The Hall–Kier alpha value is -3.49. The molecule has 0 radical (unpaired) electrons. The number of pyridine rings is 2. The number of rotatable bonds is 5. The van der Waals surface area contributed by atoms with Gasteiger partial charge in [0.1, 0.15) is 5.69 Å². The molecular formula is C24H23ClN6O2. The molecule has 9 heteroatoms. The summed E-state index contributed by atoms with van der Waals surface area (Å²) in [5, 5.41) is 4.04. The molecular weight excluding hydrogens is 440 g/mol. The van der Waals surface area contributed by atoms with E-state index in [0.717, 1.165) is 52.5 Å². The van der Waals surface area contributed by atoms with Crippen molar-refractivity contribution >= 4 is 34.3 Å². The first-order chi connectivity index (χ1) is 16.1. The molecule has 5 rings (SSSR count). The molecule has 1 fully saturated rings. The van der Waals surface area contributed by atoms with E-state index < -0.39 is 0 Å². The number of aromatic nitrogens is 4. The Morgan fingerprint density at radius 2 is 2.12 bits per heavy atom. The monoisotopic (exact) mass is 462 g/mol. The number of carbonyl (C=O) groups excluding carboxylic acids is 1. The molecule has 1 aliphatic rings. The van der Waals surface area contributed by atoms with E-state index in [0.29, 0.717) is 18.0 Å². The van der Waals surface area contributed by atoms with Crippen molar-refractivity contribution in [3.8, 4) is 22.6 Å². The predicted octanol–water partition coefficient (Wildman–Crippen LogP) is 3.68. The number of aromatic amines is 1. The number of benzene rings is 1. The first-order valence-corrected chi connectivity index (χ1v) is 11.1. The Balaban J connectivity index is 1.45. The van der Waals surface area contributed by atoms with Gasteiger partial charge in [0.25, 0.3) is 0 Å². The van der Waals surface area contributed by atoms with Gasteiger partial charge in [-0.15, -0.1) is 0 Å². The summed E-state index contributed by atoms with van der Waals surface area (Å²) in [7, 11) is 1.41. The molecule has 0 spiro atoms. The molecule has 1 unspecified atom stereocenters. The normalized spacial score (nSPS) is 16.2. The SMILES string of the molecule is COC(=O)CC1CN(c2cnc3ccc(-c4nc[nH]c4-c4cccc(Cl)c4)nc3c2)CCN1. The number of H-pyrrole nitrogens is 1. The van der Waals surface area contributed by atoms with E-state index in [1.54, 1.807) is 6.33 Å². The van der Waals surface area contributed by atoms with Crippen LogP contribution in [0.1, 0.15) is 6.42 Å². The van der Waals surface area contributed by atoms with Crippen LogP contribution in [-0.2, 0) is 9.53 Å². The highest BCUT2D eigenvalue weighted by atomic mass is 35.5. The summed E-state index contributed by atoms with van der Waals surface area (Å²) in [5.41, 5.74) is 5.88. The molecule has 4 aromatic rings. The Morgan fingerprint density at radius 1 is 1.21 bits per heavy atom. The zero-order valence-electron chi connectivity index (χ0n) is 18.1. The fraction of sp³-hybridized carbons (Fsp3) is 0.250.